The Morgan fingerprint density at radius 3 is 2.56 bits per heavy atom. The van der Waals surface area contributed by atoms with E-state index >= 15 is 0 Å². The van der Waals surface area contributed by atoms with E-state index in [2.05, 4.69) is 9.97 Å². The van der Waals surface area contributed by atoms with Gasteiger partial charge in [0.2, 0.25) is 0 Å². The Labute approximate surface area is 100.0 Å². The van der Waals surface area contributed by atoms with Gasteiger partial charge in [-0.25, -0.2) is 0 Å². The Balaban J connectivity index is 2.38. The Hall–Kier alpha value is -1.45. The molecule has 5 heteroatoms. The van der Waals surface area contributed by atoms with Crippen LogP contribution in [0.25, 0.3) is 11.0 Å². The van der Waals surface area contributed by atoms with Crippen molar-refractivity contribution in [3.8, 4) is 0 Å². The number of nitrogens with one attached hydrogen (secondary N) is 1. The van der Waals surface area contributed by atoms with Gasteiger partial charge in [0.1, 0.15) is 0 Å². The maximum absolute atomic E-state index is 7.23. The third-order valence-corrected chi connectivity index (χ3v) is 3.74. The molecule has 0 radical (unpaired) electrons. The molecule has 3 N–H and O–H groups in total. The summed E-state index contributed by atoms with van der Waals surface area (Å²) in [5.74, 6) is 0. The molecule has 0 aliphatic rings. The summed E-state index contributed by atoms with van der Waals surface area (Å²) in [6.07, 6.45) is 0. The van der Waals surface area contributed by atoms with E-state index < -0.39 is 0 Å². The fraction of sp³-hybridized carbons (Fsp3) is 0.182. The first-order chi connectivity index (χ1) is 7.66. The molecule has 0 amide bonds. The van der Waals surface area contributed by atoms with Crippen LogP contribution in [0, 0.1) is 12.3 Å². The molecule has 82 valence electrons. The van der Waals surface area contributed by atoms with E-state index in [0.717, 1.165) is 27.7 Å². The molecule has 4 nitrogen and oxygen atoms in total. The molecular formula is C11H12N4Se. The number of aromatic nitrogens is 2. The standard InChI is InChI=1S/C11H12N4Se/c1-7-10(6-16-11(12)13)15-9-5-3-2-4-8(9)14-7/h2-5H,6H2,1H3,(H3,12,13). The fourth-order valence-corrected chi connectivity index (χ4v) is 2.59. The molecule has 1 aromatic heterocycles. The van der Waals surface area contributed by atoms with Gasteiger partial charge in [-0.05, 0) is 0 Å². The zero-order valence-corrected chi connectivity index (χ0v) is 10.6. The molecule has 0 unspecified atom stereocenters. The summed E-state index contributed by atoms with van der Waals surface area (Å²) < 4.78 is 0.252. The van der Waals surface area contributed by atoms with E-state index in [-0.39, 0.29) is 19.7 Å². The summed E-state index contributed by atoms with van der Waals surface area (Å²) in [4.78, 5) is 9.04. The van der Waals surface area contributed by atoms with Crippen molar-refractivity contribution >= 4 is 30.7 Å². The monoisotopic (exact) mass is 280 g/mol. The molecule has 1 aromatic carbocycles. The summed E-state index contributed by atoms with van der Waals surface area (Å²) in [5.41, 5.74) is 9.07. The number of benzene rings is 1. The molecule has 0 aliphatic heterocycles. The van der Waals surface area contributed by atoms with Crippen molar-refractivity contribution in [1.29, 1.82) is 5.41 Å². The Morgan fingerprint density at radius 2 is 1.94 bits per heavy atom. The van der Waals surface area contributed by atoms with Crippen LogP contribution >= 0.6 is 0 Å². The van der Waals surface area contributed by atoms with E-state index in [1.165, 1.54) is 0 Å². The van der Waals surface area contributed by atoms with Gasteiger partial charge in [-0.3, -0.25) is 0 Å². The quantitative estimate of drug-likeness (QED) is 0.500. The molecule has 0 atom stereocenters. The molecule has 0 saturated carbocycles. The van der Waals surface area contributed by atoms with E-state index in [0.29, 0.717) is 0 Å². The van der Waals surface area contributed by atoms with Crippen molar-refractivity contribution in [3.05, 3.63) is 35.7 Å². The van der Waals surface area contributed by atoms with E-state index in [4.69, 9.17) is 11.1 Å². The van der Waals surface area contributed by atoms with Crippen LogP contribution in [0.1, 0.15) is 11.4 Å². The van der Waals surface area contributed by atoms with Crippen LogP contribution in [0.4, 0.5) is 0 Å². The van der Waals surface area contributed by atoms with Crippen LogP contribution in [-0.2, 0) is 5.32 Å². The average molecular weight is 279 g/mol. The van der Waals surface area contributed by atoms with E-state index in [9.17, 15) is 0 Å². The van der Waals surface area contributed by atoms with Crippen LogP contribution in [-0.4, -0.2) is 29.7 Å². The minimum atomic E-state index is -0.0120. The molecule has 16 heavy (non-hydrogen) atoms. The van der Waals surface area contributed by atoms with Gasteiger partial charge < -0.3 is 0 Å². The van der Waals surface area contributed by atoms with Crippen LogP contribution in [0.2, 0.25) is 0 Å². The van der Waals surface area contributed by atoms with Gasteiger partial charge in [-0.15, -0.1) is 0 Å². The summed E-state index contributed by atoms with van der Waals surface area (Å²) in [7, 11) is 0. The number of nitrogens with two attached hydrogens (primary N) is 1. The van der Waals surface area contributed by atoms with Crippen molar-refractivity contribution in [2.24, 2.45) is 5.73 Å². The predicted octanol–water partition coefficient (Wildman–Crippen LogP) is 1.04. The topological polar surface area (TPSA) is 75.7 Å². The molecular weight excluding hydrogens is 267 g/mol. The number of para-hydroxylation sites is 2. The number of rotatable bonds is 3. The fourth-order valence-electron chi connectivity index (χ4n) is 1.41. The SMILES string of the molecule is Cc1nc2ccccc2nc1C[Se]C(=N)N. The third-order valence-electron chi connectivity index (χ3n) is 2.21. The first-order valence-electron chi connectivity index (χ1n) is 4.86. The molecule has 0 aliphatic carbocycles. The number of amidine groups is 1. The Kier molecular flexibility index (Phi) is 3.17. The van der Waals surface area contributed by atoms with Gasteiger partial charge in [0.15, 0.2) is 0 Å². The van der Waals surface area contributed by atoms with Crippen LogP contribution in [0.15, 0.2) is 24.3 Å². The normalized spacial score (nSPS) is 10.6. The molecule has 0 bridgehead atoms. The number of aryl methyl sites for hydroxylation is 1. The van der Waals surface area contributed by atoms with Crippen molar-refractivity contribution in [2.45, 2.75) is 12.2 Å². The number of hydrogen-bond donors (Lipinski definition) is 2. The van der Waals surface area contributed by atoms with Gasteiger partial charge in [-0.2, -0.15) is 0 Å². The van der Waals surface area contributed by atoms with Crippen LogP contribution in [0.5, 0.6) is 0 Å². The molecule has 1 heterocycles. The van der Waals surface area contributed by atoms with Crippen molar-refractivity contribution in [2.75, 3.05) is 0 Å². The van der Waals surface area contributed by atoms with Crippen LogP contribution in [0.3, 0.4) is 0 Å². The molecule has 2 aromatic rings. The molecule has 0 fully saturated rings. The molecule has 0 saturated heterocycles. The van der Waals surface area contributed by atoms with E-state index in [1.54, 1.807) is 0 Å². The first kappa shape index (κ1) is 11.0. The second-order valence-corrected chi connectivity index (χ2v) is 5.53. The van der Waals surface area contributed by atoms with Gasteiger partial charge in [0, 0.05) is 0 Å². The summed E-state index contributed by atoms with van der Waals surface area (Å²) >= 11 is -0.0120. The van der Waals surface area contributed by atoms with Crippen molar-refractivity contribution in [1.82, 2.24) is 9.97 Å². The Bertz CT molecular complexity index is 538. The summed E-state index contributed by atoms with van der Waals surface area (Å²) in [5, 5.41) is 7.98. The number of nitrogens with zero attached hydrogens (tertiary/aromatic N) is 2. The zero-order valence-electron chi connectivity index (χ0n) is 8.90. The summed E-state index contributed by atoms with van der Waals surface area (Å²) in [6, 6.07) is 7.81. The minimum absolute atomic E-state index is 0.0120. The first-order valence-corrected chi connectivity index (χ1v) is 6.92. The van der Waals surface area contributed by atoms with Gasteiger partial charge in [0.05, 0.1) is 0 Å². The average Bonchev–Trinajstić information content (AvgIpc) is 2.26. The zero-order chi connectivity index (χ0) is 11.5. The van der Waals surface area contributed by atoms with Crippen molar-refractivity contribution < 1.29 is 0 Å². The maximum atomic E-state index is 7.23. The third kappa shape index (κ3) is 2.37. The molecule has 0 spiro atoms. The Morgan fingerprint density at radius 1 is 1.31 bits per heavy atom. The van der Waals surface area contributed by atoms with Gasteiger partial charge in [-0.1, -0.05) is 0 Å². The predicted molar refractivity (Wildman–Crippen MR) is 65.6 cm³/mol. The second kappa shape index (κ2) is 4.60. The number of hydrogen-bond acceptors (Lipinski definition) is 3. The van der Waals surface area contributed by atoms with Gasteiger partial charge >= 0.3 is 99.7 Å². The van der Waals surface area contributed by atoms with Gasteiger partial charge in [0.25, 0.3) is 0 Å². The second-order valence-electron chi connectivity index (χ2n) is 3.40. The van der Waals surface area contributed by atoms with Crippen molar-refractivity contribution in [3.63, 3.8) is 0 Å². The molecule has 2 rings (SSSR count). The van der Waals surface area contributed by atoms with Crippen LogP contribution < -0.4 is 5.73 Å². The van der Waals surface area contributed by atoms with E-state index in [1.807, 2.05) is 31.2 Å². The summed E-state index contributed by atoms with van der Waals surface area (Å²) in [6.45, 7) is 1.95. The number of fused-ring (bicyclic) bond motifs is 1.